The monoisotopic (exact) mass is 430 g/mol. The Morgan fingerprint density at radius 2 is 1.86 bits per heavy atom. The van der Waals surface area contributed by atoms with Crippen LogP contribution in [0.15, 0.2) is 0 Å². The summed E-state index contributed by atoms with van der Waals surface area (Å²) in [5.74, 6) is -2.96. The van der Waals surface area contributed by atoms with Gasteiger partial charge in [-0.1, -0.05) is 16.7 Å². The first kappa shape index (κ1) is 21.3. The molecule has 13 heteroatoms. The Hall–Kier alpha value is -2.99. The number of amides is 1. The predicted molar refractivity (Wildman–Crippen MR) is 99.2 cm³/mol. The molecular formula is C15H15ClN4O7S. The molecule has 28 heavy (non-hydrogen) atoms. The van der Waals surface area contributed by atoms with Gasteiger partial charge in [-0.05, 0) is 31.3 Å². The fourth-order valence-electron chi connectivity index (χ4n) is 2.19. The van der Waals surface area contributed by atoms with Crippen LogP contribution in [0.1, 0.15) is 49.9 Å². The Labute approximate surface area is 167 Å². The van der Waals surface area contributed by atoms with Crippen molar-refractivity contribution in [3.05, 3.63) is 36.8 Å². The standard InChI is InChI=1S/C15H15ClN4O7S/c1-4-26-14(22)7-6(3)10(15(23)27-5-2)28-13(7)17-12(21)9-8(16)11(19-18-9)20(24)25/h4-5H2,1-3H3,(H,17,21)(H,18,19). The minimum absolute atomic E-state index is 0.00530. The first-order valence-corrected chi connectivity index (χ1v) is 9.09. The van der Waals surface area contributed by atoms with Crippen molar-refractivity contribution >= 4 is 51.6 Å². The van der Waals surface area contributed by atoms with Gasteiger partial charge < -0.3 is 24.9 Å². The molecular weight excluding hydrogens is 416 g/mol. The lowest BCUT2D eigenvalue weighted by molar-refractivity contribution is -0.389. The largest absolute Gasteiger partial charge is 0.462 e. The molecule has 150 valence electrons. The Balaban J connectivity index is 2.44. The first-order chi connectivity index (χ1) is 13.2. The molecule has 0 aliphatic carbocycles. The summed E-state index contributed by atoms with van der Waals surface area (Å²) in [5, 5.41) is 18.3. The van der Waals surface area contributed by atoms with E-state index < -0.39 is 39.3 Å². The van der Waals surface area contributed by atoms with Crippen LogP contribution in [0.2, 0.25) is 5.02 Å². The maximum absolute atomic E-state index is 12.5. The first-order valence-electron chi connectivity index (χ1n) is 7.90. The molecule has 2 aromatic heterocycles. The molecule has 0 saturated carbocycles. The Bertz CT molecular complexity index is 953. The van der Waals surface area contributed by atoms with Gasteiger partial charge in [0.15, 0.2) is 10.7 Å². The summed E-state index contributed by atoms with van der Waals surface area (Å²) in [4.78, 5) is 47.0. The van der Waals surface area contributed by atoms with Crippen molar-refractivity contribution in [1.29, 1.82) is 0 Å². The van der Waals surface area contributed by atoms with Gasteiger partial charge in [-0.15, -0.1) is 16.4 Å². The molecule has 0 aliphatic rings. The fourth-order valence-corrected chi connectivity index (χ4v) is 3.52. The van der Waals surface area contributed by atoms with Gasteiger partial charge in [-0.2, -0.15) is 0 Å². The number of nitrogens with one attached hydrogen (secondary N) is 2. The summed E-state index contributed by atoms with van der Waals surface area (Å²) in [5.41, 5.74) is -0.187. The number of carbonyl (C=O) groups is 3. The number of aromatic nitrogens is 2. The number of hydrogen-bond donors (Lipinski definition) is 2. The molecule has 0 spiro atoms. The number of halogens is 1. The smallest absolute Gasteiger partial charge is 0.362 e. The number of thiophene rings is 1. The number of H-pyrrole nitrogens is 1. The zero-order valence-electron chi connectivity index (χ0n) is 15.0. The van der Waals surface area contributed by atoms with E-state index >= 15 is 0 Å². The van der Waals surface area contributed by atoms with E-state index in [1.807, 2.05) is 5.10 Å². The highest BCUT2D eigenvalue weighted by atomic mass is 35.5. The third kappa shape index (κ3) is 4.12. The number of ether oxygens (including phenoxy) is 2. The number of anilines is 1. The number of esters is 2. The van der Waals surface area contributed by atoms with Crippen molar-refractivity contribution in [2.45, 2.75) is 20.8 Å². The minimum atomic E-state index is -0.906. The molecule has 0 saturated heterocycles. The average molecular weight is 431 g/mol. The van der Waals surface area contributed by atoms with Crippen LogP contribution in [0.4, 0.5) is 10.8 Å². The van der Waals surface area contributed by atoms with Gasteiger partial charge in [0.2, 0.25) is 0 Å². The molecule has 0 fully saturated rings. The van der Waals surface area contributed by atoms with E-state index in [1.54, 1.807) is 13.8 Å². The van der Waals surface area contributed by atoms with Crippen LogP contribution in [0.3, 0.4) is 0 Å². The molecule has 2 rings (SSSR count). The second-order valence-electron chi connectivity index (χ2n) is 5.15. The van der Waals surface area contributed by atoms with Crippen molar-refractivity contribution < 1.29 is 28.8 Å². The normalized spacial score (nSPS) is 10.4. The second-order valence-corrected chi connectivity index (χ2v) is 6.55. The predicted octanol–water partition coefficient (Wildman–Crippen LogP) is 2.95. The van der Waals surface area contributed by atoms with E-state index in [4.69, 9.17) is 21.1 Å². The number of nitrogens with zero attached hydrogens (tertiary/aromatic N) is 2. The fraction of sp³-hybridized carbons (Fsp3) is 0.333. The van der Waals surface area contributed by atoms with Crippen molar-refractivity contribution in [3.8, 4) is 0 Å². The number of aromatic amines is 1. The lowest BCUT2D eigenvalue weighted by atomic mass is 10.1. The van der Waals surface area contributed by atoms with Crippen LogP contribution in [0, 0.1) is 17.0 Å². The number of carbonyl (C=O) groups excluding carboxylic acids is 3. The number of hydrogen-bond acceptors (Lipinski definition) is 9. The molecule has 0 atom stereocenters. The highest BCUT2D eigenvalue weighted by Crippen LogP contribution is 2.35. The summed E-state index contributed by atoms with van der Waals surface area (Å²) in [6.45, 7) is 4.94. The zero-order chi connectivity index (χ0) is 21.0. The molecule has 0 radical (unpaired) electrons. The van der Waals surface area contributed by atoms with Crippen molar-refractivity contribution in [2.24, 2.45) is 0 Å². The van der Waals surface area contributed by atoms with E-state index in [1.165, 1.54) is 6.92 Å². The van der Waals surface area contributed by atoms with Gasteiger partial charge in [0.25, 0.3) is 5.91 Å². The zero-order valence-corrected chi connectivity index (χ0v) is 16.5. The van der Waals surface area contributed by atoms with E-state index in [0.717, 1.165) is 11.3 Å². The molecule has 0 bridgehead atoms. The lowest BCUT2D eigenvalue weighted by Gasteiger charge is -2.06. The maximum Gasteiger partial charge on any atom is 0.362 e. The lowest BCUT2D eigenvalue weighted by Crippen LogP contribution is -2.15. The topological polar surface area (TPSA) is 154 Å². The van der Waals surface area contributed by atoms with E-state index in [2.05, 4.69) is 10.4 Å². The summed E-state index contributed by atoms with van der Waals surface area (Å²) >= 11 is 6.61. The van der Waals surface area contributed by atoms with Crippen LogP contribution in [-0.2, 0) is 9.47 Å². The summed E-state index contributed by atoms with van der Waals surface area (Å²) < 4.78 is 9.92. The third-order valence-electron chi connectivity index (χ3n) is 3.40. The van der Waals surface area contributed by atoms with Crippen LogP contribution >= 0.6 is 22.9 Å². The van der Waals surface area contributed by atoms with Gasteiger partial charge >= 0.3 is 17.8 Å². The van der Waals surface area contributed by atoms with E-state index in [0.29, 0.717) is 0 Å². The van der Waals surface area contributed by atoms with Gasteiger partial charge in [-0.3, -0.25) is 4.79 Å². The van der Waals surface area contributed by atoms with Crippen LogP contribution in [-0.4, -0.2) is 46.2 Å². The average Bonchev–Trinajstić information content (AvgIpc) is 3.15. The molecule has 2 heterocycles. The quantitative estimate of drug-likeness (QED) is 0.386. The van der Waals surface area contributed by atoms with Gasteiger partial charge in [-0.25, -0.2) is 9.59 Å². The van der Waals surface area contributed by atoms with Gasteiger partial charge in [0.05, 0.1) is 18.8 Å². The second kappa shape index (κ2) is 8.80. The molecule has 2 aromatic rings. The number of rotatable bonds is 7. The summed E-state index contributed by atoms with van der Waals surface area (Å²) in [7, 11) is 0. The Morgan fingerprint density at radius 1 is 1.25 bits per heavy atom. The molecule has 11 nitrogen and oxygen atoms in total. The van der Waals surface area contributed by atoms with E-state index in [9.17, 15) is 24.5 Å². The van der Waals surface area contributed by atoms with Crippen molar-refractivity contribution in [3.63, 3.8) is 0 Å². The van der Waals surface area contributed by atoms with Crippen molar-refractivity contribution in [1.82, 2.24) is 10.2 Å². The van der Waals surface area contributed by atoms with E-state index in [-0.39, 0.29) is 34.2 Å². The minimum Gasteiger partial charge on any atom is -0.462 e. The number of nitro groups is 1. The maximum atomic E-state index is 12.5. The molecule has 0 aliphatic heterocycles. The summed E-state index contributed by atoms with van der Waals surface area (Å²) in [6.07, 6.45) is 0. The molecule has 1 amide bonds. The molecule has 0 unspecified atom stereocenters. The van der Waals surface area contributed by atoms with Crippen LogP contribution in [0.5, 0.6) is 0 Å². The molecule has 0 aromatic carbocycles. The highest BCUT2D eigenvalue weighted by Gasteiger charge is 2.30. The van der Waals surface area contributed by atoms with Crippen LogP contribution < -0.4 is 5.32 Å². The van der Waals surface area contributed by atoms with Gasteiger partial charge in [0.1, 0.15) is 9.88 Å². The third-order valence-corrected chi connectivity index (χ3v) is 4.95. The highest BCUT2D eigenvalue weighted by molar-refractivity contribution is 7.18. The van der Waals surface area contributed by atoms with Crippen molar-refractivity contribution in [2.75, 3.05) is 18.5 Å². The SMILES string of the molecule is CCOC(=O)c1sc(NC(=O)c2n[nH]c([N+](=O)[O-])c2Cl)c(C(=O)OCC)c1C. The van der Waals surface area contributed by atoms with Crippen LogP contribution in [0.25, 0.3) is 0 Å². The molecule has 2 N–H and O–H groups in total. The summed E-state index contributed by atoms with van der Waals surface area (Å²) in [6, 6.07) is 0. The van der Waals surface area contributed by atoms with Gasteiger partial charge in [0, 0.05) is 0 Å². The Morgan fingerprint density at radius 3 is 2.39 bits per heavy atom. The Kier molecular flexibility index (Phi) is 6.70.